The molecule has 43 heavy (non-hydrogen) atoms. The topological polar surface area (TPSA) is 123 Å². The smallest absolute Gasteiger partial charge is 0.408 e. The van der Waals surface area contributed by atoms with Crippen molar-refractivity contribution in [3.8, 4) is 0 Å². The summed E-state index contributed by atoms with van der Waals surface area (Å²) in [6, 6.07) is 5.80. The summed E-state index contributed by atoms with van der Waals surface area (Å²) in [4.78, 5) is 32.4. The predicted octanol–water partition coefficient (Wildman–Crippen LogP) is 5.40. The number of rotatable bonds is 11. The number of aryl methyl sites for hydroxylation is 1. The van der Waals surface area contributed by atoms with Crippen LogP contribution in [0.5, 0.6) is 0 Å². The van der Waals surface area contributed by atoms with Crippen molar-refractivity contribution in [2.45, 2.75) is 105 Å². The average molecular weight is 616 g/mol. The fourth-order valence-corrected chi connectivity index (χ4v) is 5.49. The lowest BCUT2D eigenvalue weighted by molar-refractivity contribution is -0.122. The van der Waals surface area contributed by atoms with Gasteiger partial charge in [0, 0.05) is 31.7 Å². The van der Waals surface area contributed by atoms with Gasteiger partial charge in [-0.25, -0.2) is 9.78 Å². The molecule has 3 heterocycles. The lowest BCUT2D eigenvalue weighted by Gasteiger charge is -2.36. The van der Waals surface area contributed by atoms with Crippen LogP contribution in [0, 0.1) is 12.8 Å². The molecule has 4 rings (SSSR count). The van der Waals surface area contributed by atoms with E-state index in [9.17, 15) is 9.59 Å². The molecule has 1 aromatic carbocycles. The summed E-state index contributed by atoms with van der Waals surface area (Å²) in [7, 11) is 0. The van der Waals surface area contributed by atoms with Gasteiger partial charge in [0.2, 0.25) is 5.65 Å². The molecule has 0 unspecified atom stereocenters. The van der Waals surface area contributed by atoms with E-state index in [1.807, 2.05) is 25.2 Å². The van der Waals surface area contributed by atoms with Crippen molar-refractivity contribution in [1.82, 2.24) is 24.9 Å². The fourth-order valence-electron chi connectivity index (χ4n) is 5.49. The van der Waals surface area contributed by atoms with Crippen LogP contribution in [0.4, 0.5) is 16.3 Å². The minimum Gasteiger partial charge on any atom is -0.444 e. The maximum absolute atomic E-state index is 12.9. The average Bonchev–Trinajstić information content (AvgIpc) is 3.28. The Morgan fingerprint density at radius 1 is 1.09 bits per heavy atom. The highest BCUT2D eigenvalue weighted by atomic mass is 32.1. The van der Waals surface area contributed by atoms with Gasteiger partial charge in [0.1, 0.15) is 11.4 Å². The van der Waals surface area contributed by atoms with Gasteiger partial charge in [0.05, 0.1) is 29.3 Å². The van der Waals surface area contributed by atoms with E-state index in [0.717, 1.165) is 54.9 Å². The van der Waals surface area contributed by atoms with Gasteiger partial charge in [0.25, 0.3) is 0 Å². The van der Waals surface area contributed by atoms with Crippen LogP contribution in [0.2, 0.25) is 0 Å². The molecule has 0 saturated carbocycles. The molecule has 2 N–H and O–H groups in total. The first-order valence-corrected chi connectivity index (χ1v) is 15.1. The van der Waals surface area contributed by atoms with Crippen molar-refractivity contribution < 1.29 is 19.1 Å². The summed E-state index contributed by atoms with van der Waals surface area (Å²) in [5, 5.41) is 14.9. The number of amides is 1. The van der Waals surface area contributed by atoms with Gasteiger partial charge in [-0.15, -0.1) is 10.2 Å². The molecular weight excluding hydrogens is 566 g/mol. The molecule has 1 fully saturated rings. The zero-order valence-corrected chi connectivity index (χ0v) is 27.9. The van der Waals surface area contributed by atoms with Crippen molar-refractivity contribution in [3.63, 3.8) is 0 Å². The van der Waals surface area contributed by atoms with Crippen molar-refractivity contribution >= 4 is 53.6 Å². The van der Waals surface area contributed by atoms with E-state index < -0.39 is 17.7 Å². The zero-order valence-electron chi connectivity index (χ0n) is 26.9. The summed E-state index contributed by atoms with van der Waals surface area (Å²) in [5.74, 6) is 1.51. The van der Waals surface area contributed by atoms with Gasteiger partial charge in [-0.3, -0.25) is 9.20 Å². The van der Waals surface area contributed by atoms with Gasteiger partial charge in [0.15, 0.2) is 11.6 Å². The SMILES string of the molecule is Cc1nnc2c(NCCCCCC(=O)[C@@H](NC(=O)OC(C)(C)C)C(C)C)nc3cc(N4C[C@@H](C)O[C@@H](C)C4)ccc3n12.S. The van der Waals surface area contributed by atoms with Crippen molar-refractivity contribution in [1.29, 1.82) is 0 Å². The van der Waals surface area contributed by atoms with E-state index in [1.54, 1.807) is 20.8 Å². The molecule has 0 aliphatic carbocycles. The number of hydrogen-bond donors (Lipinski definition) is 2. The molecule has 3 atom stereocenters. The third-order valence-corrected chi connectivity index (χ3v) is 7.33. The standard InChI is InChI=1S/C31H47N7O4.H2S/c1-19(2)27(34-30(40)42-31(6,7)8)26(39)12-10-9-11-15-32-28-29-36-35-22(5)38(29)25-14-13-23(16-24(25)33-28)37-17-20(3)41-21(4)18-37;/h13-14,16,19-21,27H,9-12,15,17-18H2,1-8H3,(H,32,33)(H,34,40);1H2/t20-,21+,27-;/m0./s1. The number of nitrogens with one attached hydrogen (secondary N) is 2. The highest BCUT2D eigenvalue weighted by Gasteiger charge is 2.26. The molecule has 1 aliphatic heterocycles. The number of unbranched alkanes of at least 4 members (excludes halogenated alkanes) is 2. The molecule has 1 amide bonds. The lowest BCUT2D eigenvalue weighted by atomic mass is 9.96. The Labute approximate surface area is 261 Å². The van der Waals surface area contributed by atoms with E-state index in [-0.39, 0.29) is 37.4 Å². The van der Waals surface area contributed by atoms with Crippen LogP contribution in [-0.4, -0.2) is 74.9 Å². The first-order valence-electron chi connectivity index (χ1n) is 15.1. The number of aromatic nitrogens is 4. The number of hydrogen-bond acceptors (Lipinski definition) is 9. The van der Waals surface area contributed by atoms with Crippen LogP contribution < -0.4 is 15.5 Å². The van der Waals surface area contributed by atoms with Crippen LogP contribution in [0.1, 0.15) is 80.0 Å². The molecule has 12 heteroatoms. The van der Waals surface area contributed by atoms with Crippen molar-refractivity contribution in [2.75, 3.05) is 29.9 Å². The Morgan fingerprint density at radius 3 is 2.44 bits per heavy atom. The molecule has 0 radical (unpaired) electrons. The number of anilines is 2. The third-order valence-electron chi connectivity index (χ3n) is 7.33. The quantitative estimate of drug-likeness (QED) is 0.273. The Hall–Kier alpha value is -3.12. The second kappa shape index (κ2) is 14.6. The van der Waals surface area contributed by atoms with Gasteiger partial charge < -0.3 is 25.0 Å². The Kier molecular flexibility index (Phi) is 11.6. The lowest BCUT2D eigenvalue weighted by Crippen LogP contribution is -2.46. The molecule has 0 bridgehead atoms. The number of alkyl carbamates (subject to hydrolysis) is 1. The first-order chi connectivity index (χ1) is 19.8. The number of benzene rings is 1. The number of Topliss-reactive ketones (excluding diaryl/α,β-unsaturated/α-hetero) is 1. The molecule has 11 nitrogen and oxygen atoms in total. The van der Waals surface area contributed by atoms with E-state index >= 15 is 0 Å². The van der Waals surface area contributed by atoms with Crippen LogP contribution in [-0.2, 0) is 14.3 Å². The monoisotopic (exact) mass is 615 g/mol. The molecule has 1 saturated heterocycles. The summed E-state index contributed by atoms with van der Waals surface area (Å²) in [5.41, 5.74) is 3.05. The van der Waals surface area contributed by atoms with Gasteiger partial charge in [-0.2, -0.15) is 13.5 Å². The second-order valence-corrected chi connectivity index (χ2v) is 12.8. The molecule has 2 aromatic heterocycles. The zero-order chi connectivity index (χ0) is 30.6. The second-order valence-electron chi connectivity index (χ2n) is 12.8. The van der Waals surface area contributed by atoms with Gasteiger partial charge >= 0.3 is 6.09 Å². The number of carbonyl (C=O) groups excluding carboxylic acids is 2. The number of fused-ring (bicyclic) bond motifs is 3. The fraction of sp³-hybridized carbons (Fsp3) is 0.645. The minimum atomic E-state index is -0.610. The van der Waals surface area contributed by atoms with E-state index in [0.29, 0.717) is 24.4 Å². The normalized spacial score (nSPS) is 18.0. The molecule has 0 spiro atoms. The minimum absolute atomic E-state index is 0. The molecule has 3 aromatic rings. The molecule has 238 valence electrons. The summed E-state index contributed by atoms with van der Waals surface area (Å²) >= 11 is 0. The number of carbonyl (C=O) groups is 2. The number of ketones is 1. The van der Waals surface area contributed by atoms with E-state index in [1.165, 1.54) is 0 Å². The highest BCUT2D eigenvalue weighted by molar-refractivity contribution is 7.59. The first kappa shape index (κ1) is 34.4. The summed E-state index contributed by atoms with van der Waals surface area (Å²) < 4.78 is 13.3. The predicted molar refractivity (Wildman–Crippen MR) is 176 cm³/mol. The van der Waals surface area contributed by atoms with Crippen LogP contribution in [0.15, 0.2) is 18.2 Å². The number of ether oxygens (including phenoxy) is 2. The Balaban J connectivity index is 0.00000506. The summed E-state index contributed by atoms with van der Waals surface area (Å²) in [6.07, 6.45) is 2.66. The van der Waals surface area contributed by atoms with Crippen LogP contribution in [0.25, 0.3) is 16.7 Å². The summed E-state index contributed by atoms with van der Waals surface area (Å²) in [6.45, 7) is 17.8. The molecular formula is C31H49N7O4S. The van der Waals surface area contributed by atoms with Crippen molar-refractivity contribution in [2.24, 2.45) is 5.92 Å². The maximum atomic E-state index is 12.9. The van der Waals surface area contributed by atoms with E-state index in [4.69, 9.17) is 14.5 Å². The van der Waals surface area contributed by atoms with Crippen LogP contribution >= 0.6 is 13.5 Å². The van der Waals surface area contributed by atoms with Gasteiger partial charge in [-0.1, -0.05) is 20.3 Å². The van der Waals surface area contributed by atoms with Gasteiger partial charge in [-0.05, 0) is 78.5 Å². The Morgan fingerprint density at radius 2 is 1.79 bits per heavy atom. The van der Waals surface area contributed by atoms with Crippen LogP contribution in [0.3, 0.4) is 0 Å². The number of nitrogens with zero attached hydrogens (tertiary/aromatic N) is 5. The Bertz CT molecular complexity index is 1390. The third kappa shape index (κ3) is 8.95. The maximum Gasteiger partial charge on any atom is 0.408 e. The number of morpholine rings is 1. The highest BCUT2D eigenvalue weighted by Crippen LogP contribution is 2.27. The largest absolute Gasteiger partial charge is 0.444 e. The van der Waals surface area contributed by atoms with Crippen molar-refractivity contribution in [3.05, 3.63) is 24.0 Å². The molecule has 1 aliphatic rings. The van der Waals surface area contributed by atoms with E-state index in [2.05, 4.69) is 57.8 Å².